The van der Waals surface area contributed by atoms with Crippen molar-refractivity contribution in [2.45, 2.75) is 18.8 Å². The lowest BCUT2D eigenvalue weighted by Gasteiger charge is -2.08. The van der Waals surface area contributed by atoms with Gasteiger partial charge in [0.15, 0.2) is 0 Å². The van der Waals surface area contributed by atoms with Crippen LogP contribution in [0.3, 0.4) is 0 Å². The first-order valence-corrected chi connectivity index (χ1v) is 7.97. The van der Waals surface area contributed by atoms with Crippen LogP contribution in [-0.2, 0) is 12.8 Å². The fourth-order valence-corrected chi connectivity index (χ4v) is 2.71. The molecule has 0 aliphatic rings. The molecule has 2 aromatic heterocycles. The second kappa shape index (κ2) is 7.63. The molecule has 0 saturated heterocycles. The molecule has 0 bridgehead atoms. The number of aromatic nitrogens is 4. The topological polar surface area (TPSA) is 173 Å². The molecule has 1 N–H and O–H groups in total. The predicted molar refractivity (Wildman–Crippen MR) is 93.6 cm³/mol. The van der Waals surface area contributed by atoms with Gasteiger partial charge in [0.2, 0.25) is 0 Å². The van der Waals surface area contributed by atoms with Gasteiger partial charge < -0.3 is 4.98 Å². The van der Waals surface area contributed by atoms with Gasteiger partial charge in [-0.1, -0.05) is 0 Å². The van der Waals surface area contributed by atoms with Crippen molar-refractivity contribution in [1.82, 2.24) is 19.9 Å². The fourth-order valence-electron chi connectivity index (χ4n) is 2.71. The summed E-state index contributed by atoms with van der Waals surface area (Å²) >= 11 is 0. The van der Waals surface area contributed by atoms with Crippen LogP contribution in [0.25, 0.3) is 11.0 Å². The van der Waals surface area contributed by atoms with Crippen molar-refractivity contribution in [2.75, 3.05) is 0 Å². The number of imidazole rings is 1. The van der Waals surface area contributed by atoms with Gasteiger partial charge in [-0.25, -0.2) is 15.0 Å². The Morgan fingerprint density at radius 3 is 2.21 bits per heavy atom. The lowest BCUT2D eigenvalue weighted by Crippen LogP contribution is -2.09. The summed E-state index contributed by atoms with van der Waals surface area (Å²) in [5, 5.41) is 45.8. The molecule has 0 radical (unpaired) electrons. The molecule has 9 nitrogen and oxygen atoms in total. The second-order valence-corrected chi connectivity index (χ2v) is 5.69. The van der Waals surface area contributed by atoms with E-state index in [0.717, 1.165) is 0 Å². The Bertz CT molecular complexity index is 1200. The number of nitriles is 5. The molecule has 0 saturated carbocycles. The van der Waals surface area contributed by atoms with Gasteiger partial charge in [-0.05, 0) is 18.2 Å². The first kappa shape index (κ1) is 18.0. The third-order valence-electron chi connectivity index (χ3n) is 3.92. The van der Waals surface area contributed by atoms with Crippen molar-refractivity contribution < 1.29 is 0 Å². The van der Waals surface area contributed by atoms with Crippen LogP contribution in [0.15, 0.2) is 18.2 Å². The van der Waals surface area contributed by atoms with Crippen molar-refractivity contribution in [2.24, 2.45) is 0 Å². The molecule has 1 aromatic carbocycles. The lowest BCUT2D eigenvalue weighted by molar-refractivity contribution is 0.835. The van der Waals surface area contributed by atoms with Crippen molar-refractivity contribution in [3.05, 3.63) is 52.4 Å². The largest absolute Gasteiger partial charge is 0.340 e. The molecule has 0 aliphatic heterocycles. The van der Waals surface area contributed by atoms with E-state index in [2.05, 4.69) is 26.0 Å². The molecule has 1 unspecified atom stereocenters. The molecule has 130 valence electrons. The number of benzene rings is 1. The van der Waals surface area contributed by atoms with Crippen LogP contribution in [0.1, 0.15) is 40.1 Å². The van der Waals surface area contributed by atoms with E-state index in [4.69, 9.17) is 21.0 Å². The highest BCUT2D eigenvalue weighted by Gasteiger charge is 2.22. The molecule has 3 aromatic rings. The van der Waals surface area contributed by atoms with Crippen LogP contribution in [-0.4, -0.2) is 19.9 Å². The summed E-state index contributed by atoms with van der Waals surface area (Å²) in [5.41, 5.74) is 2.06. The minimum Gasteiger partial charge on any atom is -0.340 e. The van der Waals surface area contributed by atoms with Gasteiger partial charge in [0, 0.05) is 0 Å². The van der Waals surface area contributed by atoms with Crippen LogP contribution in [0.5, 0.6) is 0 Å². The van der Waals surface area contributed by atoms with Gasteiger partial charge in [-0.2, -0.15) is 26.3 Å². The van der Waals surface area contributed by atoms with Gasteiger partial charge in [0.1, 0.15) is 29.7 Å². The quantitative estimate of drug-likeness (QED) is 0.731. The highest BCUT2D eigenvalue weighted by Crippen LogP contribution is 2.25. The van der Waals surface area contributed by atoms with Crippen LogP contribution in [0, 0.1) is 56.7 Å². The van der Waals surface area contributed by atoms with Crippen LogP contribution in [0.4, 0.5) is 0 Å². The summed E-state index contributed by atoms with van der Waals surface area (Å²) in [6, 6.07) is 14.4. The molecule has 3 rings (SSSR count). The van der Waals surface area contributed by atoms with Gasteiger partial charge in [-0.3, -0.25) is 0 Å². The first-order chi connectivity index (χ1) is 13.6. The van der Waals surface area contributed by atoms with E-state index in [1.54, 1.807) is 0 Å². The predicted octanol–water partition coefficient (Wildman–Crippen LogP) is 1.88. The summed E-state index contributed by atoms with van der Waals surface area (Å²) in [6.45, 7) is 0. The van der Waals surface area contributed by atoms with Gasteiger partial charge >= 0.3 is 0 Å². The van der Waals surface area contributed by atoms with Crippen molar-refractivity contribution in [1.29, 1.82) is 26.3 Å². The molecule has 2 heterocycles. The van der Waals surface area contributed by atoms with Crippen LogP contribution >= 0.6 is 0 Å². The number of nitrogens with zero attached hydrogens (tertiary/aromatic N) is 8. The van der Waals surface area contributed by atoms with Crippen LogP contribution < -0.4 is 0 Å². The average molecular weight is 363 g/mol. The minimum atomic E-state index is -0.902. The first-order valence-electron chi connectivity index (χ1n) is 7.97. The number of aromatic amines is 1. The molecule has 0 spiro atoms. The normalized spacial score (nSPS) is 10.8. The van der Waals surface area contributed by atoms with E-state index >= 15 is 0 Å². The Hall–Kier alpha value is -4.78. The minimum absolute atomic E-state index is 0.0171. The Morgan fingerprint density at radius 2 is 1.57 bits per heavy atom. The van der Waals surface area contributed by atoms with Crippen molar-refractivity contribution >= 4 is 11.0 Å². The van der Waals surface area contributed by atoms with E-state index in [1.807, 2.05) is 24.3 Å². The van der Waals surface area contributed by atoms with Crippen LogP contribution in [0.2, 0.25) is 0 Å². The maximum atomic E-state index is 9.70. The molecular weight excluding hydrogens is 354 g/mol. The van der Waals surface area contributed by atoms with Gasteiger partial charge in [0.25, 0.3) is 0 Å². The monoisotopic (exact) mass is 363 g/mol. The summed E-state index contributed by atoms with van der Waals surface area (Å²) in [5.74, 6) is -0.400. The SMILES string of the molecule is N#CCc1cc(C(C#N)c2nc3cc(C#N)c(C#N)cc3[nH]2)nc(CC#N)n1. The van der Waals surface area contributed by atoms with Crippen molar-refractivity contribution in [3.8, 4) is 30.3 Å². The van der Waals surface area contributed by atoms with E-state index in [9.17, 15) is 5.26 Å². The Balaban J connectivity index is 2.13. The number of fused-ring (bicyclic) bond motifs is 1. The van der Waals surface area contributed by atoms with Gasteiger partial charge in [-0.15, -0.1) is 0 Å². The van der Waals surface area contributed by atoms with E-state index < -0.39 is 5.92 Å². The highest BCUT2D eigenvalue weighted by molar-refractivity contribution is 5.79. The summed E-state index contributed by atoms with van der Waals surface area (Å²) in [7, 11) is 0. The Labute approximate surface area is 159 Å². The summed E-state index contributed by atoms with van der Waals surface area (Å²) in [4.78, 5) is 15.8. The third kappa shape index (κ3) is 3.31. The van der Waals surface area contributed by atoms with E-state index in [-0.39, 0.29) is 35.6 Å². The summed E-state index contributed by atoms with van der Waals surface area (Å²) < 4.78 is 0. The average Bonchev–Trinajstić information content (AvgIpc) is 3.10. The van der Waals surface area contributed by atoms with E-state index in [0.29, 0.717) is 22.4 Å². The Kier molecular flexibility index (Phi) is 4.91. The smallest absolute Gasteiger partial charge is 0.146 e. The zero-order chi connectivity index (χ0) is 20.1. The molecule has 0 amide bonds. The third-order valence-corrected chi connectivity index (χ3v) is 3.92. The zero-order valence-corrected chi connectivity index (χ0v) is 14.3. The number of hydrogen-bond donors (Lipinski definition) is 1. The number of nitrogens with one attached hydrogen (secondary N) is 1. The lowest BCUT2D eigenvalue weighted by atomic mass is 10.0. The number of rotatable bonds is 4. The maximum Gasteiger partial charge on any atom is 0.146 e. The number of hydrogen-bond acceptors (Lipinski definition) is 8. The molecule has 28 heavy (non-hydrogen) atoms. The fraction of sp³-hybridized carbons (Fsp3) is 0.158. The standard InChI is InChI=1S/C19H9N9/c20-3-1-13-7-15(26-18(25-13)2-4-21)14(10-24)19-27-16-5-11(8-22)12(9-23)6-17(16)28-19/h5-7,14H,1-2H2,(H,27,28). The molecule has 0 aliphatic carbocycles. The van der Waals surface area contributed by atoms with E-state index in [1.165, 1.54) is 18.2 Å². The molecule has 9 heteroatoms. The number of H-pyrrole nitrogens is 1. The highest BCUT2D eigenvalue weighted by atomic mass is 15.0. The zero-order valence-electron chi connectivity index (χ0n) is 14.3. The molecule has 1 atom stereocenters. The molecular formula is C19H9N9. The Morgan fingerprint density at radius 1 is 0.857 bits per heavy atom. The van der Waals surface area contributed by atoms with Crippen molar-refractivity contribution in [3.63, 3.8) is 0 Å². The maximum absolute atomic E-state index is 9.70. The van der Waals surface area contributed by atoms with Gasteiger partial charge in [0.05, 0.1) is 64.6 Å². The molecule has 0 fully saturated rings. The summed E-state index contributed by atoms with van der Waals surface area (Å²) in [6.07, 6.45) is -0.0368. The second-order valence-electron chi connectivity index (χ2n) is 5.69.